The van der Waals surface area contributed by atoms with Gasteiger partial charge in [0.2, 0.25) is 10.0 Å². The normalized spacial score (nSPS) is 21.0. The van der Waals surface area contributed by atoms with Gasteiger partial charge in [0.15, 0.2) is 0 Å². The fourth-order valence-electron chi connectivity index (χ4n) is 2.71. The summed E-state index contributed by atoms with van der Waals surface area (Å²) in [6.45, 7) is 6.32. The third-order valence-electron chi connectivity index (χ3n) is 4.05. The predicted molar refractivity (Wildman–Crippen MR) is 87.0 cm³/mol. The van der Waals surface area contributed by atoms with E-state index in [1.807, 2.05) is 12.1 Å². The minimum absolute atomic E-state index is 0.410. The molecule has 1 N–H and O–H groups in total. The van der Waals surface area contributed by atoms with Crippen LogP contribution >= 0.6 is 0 Å². The number of hydrogen-bond donors (Lipinski definition) is 1. The summed E-state index contributed by atoms with van der Waals surface area (Å²) in [5, 5.41) is 3.23. The molecule has 21 heavy (non-hydrogen) atoms. The van der Waals surface area contributed by atoms with Crippen LogP contribution in [0, 0.1) is 5.92 Å². The third kappa shape index (κ3) is 3.98. The van der Waals surface area contributed by atoms with E-state index >= 15 is 0 Å². The lowest BCUT2D eigenvalue weighted by molar-refractivity contribution is 0.417. The van der Waals surface area contributed by atoms with Crippen LogP contribution < -0.4 is 5.32 Å². The van der Waals surface area contributed by atoms with E-state index in [1.165, 1.54) is 0 Å². The molecule has 1 aliphatic heterocycles. The van der Waals surface area contributed by atoms with Crippen molar-refractivity contribution in [1.82, 2.24) is 4.31 Å². The molecule has 5 heteroatoms. The number of sulfonamides is 1. The van der Waals surface area contributed by atoms with Crippen LogP contribution in [-0.4, -0.2) is 32.4 Å². The average Bonchev–Trinajstić information content (AvgIpc) is 2.70. The van der Waals surface area contributed by atoms with Crippen LogP contribution in [0.5, 0.6) is 0 Å². The summed E-state index contributed by atoms with van der Waals surface area (Å²) in [5.74, 6) is 0.610. The number of nitrogens with zero attached hydrogens (tertiary/aromatic N) is 1. The van der Waals surface area contributed by atoms with Crippen molar-refractivity contribution in [3.8, 4) is 0 Å². The summed E-state index contributed by atoms with van der Waals surface area (Å²) in [6.07, 6.45) is 3.98. The van der Waals surface area contributed by atoms with E-state index in [2.05, 4.69) is 19.2 Å². The molecule has 1 saturated heterocycles. The van der Waals surface area contributed by atoms with Gasteiger partial charge in [0, 0.05) is 19.6 Å². The summed E-state index contributed by atoms with van der Waals surface area (Å²) in [5.41, 5.74) is 0.719. The highest BCUT2D eigenvalue weighted by molar-refractivity contribution is 7.89. The van der Waals surface area contributed by atoms with Crippen LogP contribution in [0.25, 0.3) is 0 Å². The number of nitrogens with one attached hydrogen (secondary N) is 1. The maximum absolute atomic E-state index is 12.9. The van der Waals surface area contributed by atoms with Crippen LogP contribution in [0.15, 0.2) is 29.2 Å². The van der Waals surface area contributed by atoms with Gasteiger partial charge in [-0.3, -0.25) is 0 Å². The highest BCUT2D eigenvalue weighted by Crippen LogP contribution is 2.27. The second kappa shape index (κ2) is 7.27. The fourth-order valence-corrected chi connectivity index (χ4v) is 4.38. The average molecular weight is 310 g/mol. The molecular weight excluding hydrogens is 284 g/mol. The molecular formula is C16H26N2O2S. The van der Waals surface area contributed by atoms with Crippen molar-refractivity contribution in [2.75, 3.05) is 25.0 Å². The van der Waals surface area contributed by atoms with Crippen molar-refractivity contribution in [2.45, 2.75) is 44.4 Å². The Kier molecular flexibility index (Phi) is 5.65. The van der Waals surface area contributed by atoms with Gasteiger partial charge in [-0.25, -0.2) is 8.42 Å². The Hall–Kier alpha value is -1.07. The van der Waals surface area contributed by atoms with E-state index in [1.54, 1.807) is 16.4 Å². The molecule has 0 aromatic heterocycles. The standard InChI is InChI=1S/C16H26N2O2S/c1-3-11-17-15-8-4-5-9-16(15)21(19,20)18-12-6-7-14(2)10-13-18/h4-5,8-9,14,17H,3,6-7,10-13H2,1-2H3. The van der Waals surface area contributed by atoms with E-state index in [0.29, 0.717) is 23.9 Å². The monoisotopic (exact) mass is 310 g/mol. The first-order chi connectivity index (χ1) is 10.1. The molecule has 1 unspecified atom stereocenters. The van der Waals surface area contributed by atoms with Gasteiger partial charge < -0.3 is 5.32 Å². The van der Waals surface area contributed by atoms with Gasteiger partial charge in [0.25, 0.3) is 0 Å². The number of benzene rings is 1. The number of hydrogen-bond acceptors (Lipinski definition) is 3. The molecule has 0 radical (unpaired) electrons. The van der Waals surface area contributed by atoms with Gasteiger partial charge in [-0.05, 0) is 43.7 Å². The zero-order valence-corrected chi connectivity index (χ0v) is 13.8. The Morgan fingerprint density at radius 1 is 1.24 bits per heavy atom. The topological polar surface area (TPSA) is 49.4 Å². The molecule has 1 aliphatic rings. The maximum Gasteiger partial charge on any atom is 0.245 e. The summed E-state index contributed by atoms with van der Waals surface area (Å²) in [6, 6.07) is 7.23. The Morgan fingerprint density at radius 2 is 2.00 bits per heavy atom. The molecule has 0 amide bonds. The Morgan fingerprint density at radius 3 is 2.76 bits per heavy atom. The number of para-hydroxylation sites is 1. The van der Waals surface area contributed by atoms with E-state index in [9.17, 15) is 8.42 Å². The van der Waals surface area contributed by atoms with Gasteiger partial charge in [-0.1, -0.05) is 26.0 Å². The predicted octanol–water partition coefficient (Wildman–Crippen LogP) is 3.32. The second-order valence-corrected chi connectivity index (χ2v) is 7.77. The fraction of sp³-hybridized carbons (Fsp3) is 0.625. The van der Waals surface area contributed by atoms with E-state index in [0.717, 1.165) is 37.9 Å². The lowest BCUT2D eigenvalue weighted by Crippen LogP contribution is -2.32. The zero-order valence-electron chi connectivity index (χ0n) is 13.0. The first kappa shape index (κ1) is 16.3. The molecule has 0 saturated carbocycles. The van der Waals surface area contributed by atoms with Crippen molar-refractivity contribution in [1.29, 1.82) is 0 Å². The number of rotatable bonds is 5. The van der Waals surface area contributed by atoms with Gasteiger partial charge in [0.1, 0.15) is 4.90 Å². The van der Waals surface area contributed by atoms with Crippen molar-refractivity contribution < 1.29 is 8.42 Å². The van der Waals surface area contributed by atoms with E-state index in [-0.39, 0.29) is 0 Å². The third-order valence-corrected chi connectivity index (χ3v) is 6.00. The largest absolute Gasteiger partial charge is 0.384 e. The molecule has 4 nitrogen and oxygen atoms in total. The van der Waals surface area contributed by atoms with E-state index < -0.39 is 10.0 Å². The molecule has 1 aromatic rings. The van der Waals surface area contributed by atoms with Crippen LogP contribution in [0.2, 0.25) is 0 Å². The Bertz CT molecular complexity index is 557. The van der Waals surface area contributed by atoms with E-state index in [4.69, 9.17) is 0 Å². The van der Waals surface area contributed by atoms with Gasteiger partial charge in [0.05, 0.1) is 5.69 Å². The molecule has 118 valence electrons. The molecule has 1 heterocycles. The van der Waals surface area contributed by atoms with Crippen LogP contribution in [0.4, 0.5) is 5.69 Å². The highest BCUT2D eigenvalue weighted by Gasteiger charge is 2.28. The van der Waals surface area contributed by atoms with Crippen molar-refractivity contribution in [2.24, 2.45) is 5.92 Å². The summed E-state index contributed by atoms with van der Waals surface area (Å²) in [4.78, 5) is 0.410. The van der Waals surface area contributed by atoms with Crippen LogP contribution in [-0.2, 0) is 10.0 Å². The first-order valence-corrected chi connectivity index (χ1v) is 9.32. The highest BCUT2D eigenvalue weighted by atomic mass is 32.2. The van der Waals surface area contributed by atoms with Crippen LogP contribution in [0.3, 0.4) is 0 Å². The molecule has 0 aliphatic carbocycles. The summed E-state index contributed by atoms with van der Waals surface area (Å²) in [7, 11) is -3.40. The molecule has 1 atom stereocenters. The second-order valence-electron chi connectivity index (χ2n) is 5.86. The summed E-state index contributed by atoms with van der Waals surface area (Å²) >= 11 is 0. The van der Waals surface area contributed by atoms with Crippen LogP contribution in [0.1, 0.15) is 39.5 Å². The Balaban J connectivity index is 2.26. The Labute approximate surface area is 128 Å². The molecule has 1 fully saturated rings. The minimum atomic E-state index is -3.40. The quantitative estimate of drug-likeness (QED) is 0.907. The zero-order chi connectivity index (χ0) is 15.3. The number of anilines is 1. The molecule has 2 rings (SSSR count). The summed E-state index contributed by atoms with van der Waals surface area (Å²) < 4.78 is 27.5. The van der Waals surface area contributed by atoms with Gasteiger partial charge in [-0.15, -0.1) is 0 Å². The molecule has 1 aromatic carbocycles. The van der Waals surface area contributed by atoms with Crippen molar-refractivity contribution in [3.63, 3.8) is 0 Å². The molecule has 0 spiro atoms. The lowest BCUT2D eigenvalue weighted by atomic mass is 10.0. The minimum Gasteiger partial charge on any atom is -0.384 e. The molecule has 0 bridgehead atoms. The van der Waals surface area contributed by atoms with Gasteiger partial charge >= 0.3 is 0 Å². The maximum atomic E-state index is 12.9. The lowest BCUT2D eigenvalue weighted by Gasteiger charge is -2.22. The van der Waals surface area contributed by atoms with Gasteiger partial charge in [-0.2, -0.15) is 4.31 Å². The van der Waals surface area contributed by atoms with Crippen molar-refractivity contribution in [3.05, 3.63) is 24.3 Å². The SMILES string of the molecule is CCCNc1ccccc1S(=O)(=O)N1CCCC(C)CC1. The van der Waals surface area contributed by atoms with Crippen molar-refractivity contribution >= 4 is 15.7 Å². The smallest absolute Gasteiger partial charge is 0.245 e. The first-order valence-electron chi connectivity index (χ1n) is 7.88.